The summed E-state index contributed by atoms with van der Waals surface area (Å²) in [5, 5.41) is 7.31. The Morgan fingerprint density at radius 2 is 1.95 bits per heavy atom. The molecule has 0 amide bonds. The molecule has 0 bridgehead atoms. The Labute approximate surface area is 129 Å². The summed E-state index contributed by atoms with van der Waals surface area (Å²) in [6, 6.07) is 14.2. The largest absolute Gasteiger partial charge is 0.319 e. The first-order valence-electron chi connectivity index (χ1n) is 7.16. The van der Waals surface area contributed by atoms with E-state index in [1.807, 2.05) is 22.9 Å². The van der Waals surface area contributed by atoms with Crippen LogP contribution in [0.4, 0.5) is 0 Å². The van der Waals surface area contributed by atoms with Crippen LogP contribution in [0.2, 0.25) is 5.02 Å². The van der Waals surface area contributed by atoms with Crippen LogP contribution in [-0.4, -0.2) is 9.78 Å². The number of fused-ring (bicyclic) bond motifs is 1. The van der Waals surface area contributed by atoms with Gasteiger partial charge in [-0.15, -0.1) is 0 Å². The molecule has 0 aliphatic heterocycles. The fourth-order valence-electron chi connectivity index (χ4n) is 2.74. The van der Waals surface area contributed by atoms with Gasteiger partial charge in [0.25, 0.3) is 0 Å². The van der Waals surface area contributed by atoms with E-state index in [0.717, 1.165) is 29.6 Å². The average molecular weight is 300 g/mol. The minimum absolute atomic E-state index is 0.280. The number of aromatic nitrogens is 2. The molecule has 0 saturated heterocycles. The second-order valence-electron chi connectivity index (χ2n) is 5.15. The Kier molecular flexibility index (Phi) is 3.95. The molecule has 0 aliphatic rings. The van der Waals surface area contributed by atoms with Crippen molar-refractivity contribution in [1.29, 1.82) is 0 Å². The molecule has 0 radical (unpaired) electrons. The molecule has 4 heteroatoms. The Balaban J connectivity index is 2.13. The van der Waals surface area contributed by atoms with Crippen molar-refractivity contribution in [1.82, 2.24) is 9.78 Å². The fourth-order valence-corrected chi connectivity index (χ4v) is 3.00. The summed E-state index contributed by atoms with van der Waals surface area (Å²) in [5.41, 5.74) is 8.47. The van der Waals surface area contributed by atoms with Gasteiger partial charge in [0.15, 0.2) is 0 Å². The van der Waals surface area contributed by atoms with E-state index in [2.05, 4.69) is 36.3 Å². The first-order valence-corrected chi connectivity index (χ1v) is 7.54. The monoisotopic (exact) mass is 299 g/mol. The van der Waals surface area contributed by atoms with Gasteiger partial charge in [-0.1, -0.05) is 61.0 Å². The van der Waals surface area contributed by atoms with E-state index in [9.17, 15) is 0 Å². The molecule has 1 heterocycles. The molecule has 0 fully saturated rings. The Morgan fingerprint density at radius 3 is 2.76 bits per heavy atom. The number of benzene rings is 2. The van der Waals surface area contributed by atoms with Crippen molar-refractivity contribution < 1.29 is 0 Å². The molecule has 0 spiro atoms. The van der Waals surface area contributed by atoms with Gasteiger partial charge in [0.05, 0.1) is 23.0 Å². The van der Waals surface area contributed by atoms with Crippen molar-refractivity contribution in [3.63, 3.8) is 0 Å². The molecule has 0 saturated carbocycles. The second-order valence-corrected chi connectivity index (χ2v) is 5.55. The number of nitrogens with zero attached hydrogens (tertiary/aromatic N) is 2. The summed E-state index contributed by atoms with van der Waals surface area (Å²) in [7, 11) is 0. The van der Waals surface area contributed by atoms with Crippen LogP contribution in [0.1, 0.15) is 30.6 Å². The second kappa shape index (κ2) is 5.88. The maximum Gasteiger partial charge on any atom is 0.0837 e. The molecule has 1 aromatic heterocycles. The minimum atomic E-state index is -0.280. The summed E-state index contributed by atoms with van der Waals surface area (Å²) >= 11 is 6.31. The fraction of sp³-hybridized carbons (Fsp3) is 0.235. The summed E-state index contributed by atoms with van der Waals surface area (Å²) in [5.74, 6) is 0. The van der Waals surface area contributed by atoms with Crippen LogP contribution in [0.3, 0.4) is 0 Å². The average Bonchev–Trinajstić information content (AvgIpc) is 2.87. The lowest BCUT2D eigenvalue weighted by molar-refractivity contribution is 0.560. The molecule has 21 heavy (non-hydrogen) atoms. The zero-order chi connectivity index (χ0) is 14.8. The number of rotatable bonds is 4. The van der Waals surface area contributed by atoms with Crippen molar-refractivity contribution in [3.05, 3.63) is 64.9 Å². The maximum atomic E-state index is 6.51. The number of hydrogen-bond donors (Lipinski definition) is 1. The van der Waals surface area contributed by atoms with E-state index in [1.165, 1.54) is 5.39 Å². The van der Waals surface area contributed by atoms with Gasteiger partial charge >= 0.3 is 0 Å². The van der Waals surface area contributed by atoms with Gasteiger partial charge in [0.2, 0.25) is 0 Å². The van der Waals surface area contributed by atoms with Crippen LogP contribution in [0.25, 0.3) is 10.8 Å². The van der Waals surface area contributed by atoms with Crippen molar-refractivity contribution >= 4 is 22.4 Å². The SMILES string of the molecule is CCCn1ncc(Cl)c1C(N)c1cccc2ccccc12. The van der Waals surface area contributed by atoms with Gasteiger partial charge in [-0.2, -0.15) is 5.10 Å². The highest BCUT2D eigenvalue weighted by atomic mass is 35.5. The van der Waals surface area contributed by atoms with E-state index >= 15 is 0 Å². The number of hydrogen-bond acceptors (Lipinski definition) is 2. The first-order chi connectivity index (χ1) is 10.2. The molecule has 108 valence electrons. The van der Waals surface area contributed by atoms with E-state index in [1.54, 1.807) is 6.20 Å². The van der Waals surface area contributed by atoms with E-state index < -0.39 is 0 Å². The van der Waals surface area contributed by atoms with Gasteiger partial charge in [-0.3, -0.25) is 4.68 Å². The van der Waals surface area contributed by atoms with Crippen LogP contribution < -0.4 is 5.73 Å². The number of aryl methyl sites for hydroxylation is 1. The molecule has 3 nitrogen and oxygen atoms in total. The molecule has 1 atom stereocenters. The predicted octanol–water partition coefficient (Wildman–Crippen LogP) is 4.15. The lowest BCUT2D eigenvalue weighted by atomic mass is 9.97. The smallest absolute Gasteiger partial charge is 0.0837 e. The molecule has 1 unspecified atom stereocenters. The predicted molar refractivity (Wildman–Crippen MR) is 87.5 cm³/mol. The first kappa shape index (κ1) is 14.1. The van der Waals surface area contributed by atoms with Crippen LogP contribution in [0, 0.1) is 0 Å². The Morgan fingerprint density at radius 1 is 1.19 bits per heavy atom. The van der Waals surface area contributed by atoms with Gasteiger partial charge < -0.3 is 5.73 Å². The van der Waals surface area contributed by atoms with Gasteiger partial charge in [-0.25, -0.2) is 0 Å². The lowest BCUT2D eigenvalue weighted by Gasteiger charge is -2.17. The standard InChI is InChI=1S/C17H18ClN3/c1-2-10-21-17(15(18)11-20-21)16(19)14-9-5-7-12-6-3-4-8-13(12)14/h3-9,11,16H,2,10,19H2,1H3. The normalized spacial score (nSPS) is 12.7. The Bertz CT molecular complexity index is 758. The highest BCUT2D eigenvalue weighted by Gasteiger charge is 2.19. The summed E-state index contributed by atoms with van der Waals surface area (Å²) in [4.78, 5) is 0. The van der Waals surface area contributed by atoms with Crippen LogP contribution in [0.5, 0.6) is 0 Å². The van der Waals surface area contributed by atoms with E-state index in [4.69, 9.17) is 17.3 Å². The molecule has 0 aliphatic carbocycles. The third kappa shape index (κ3) is 2.55. The highest BCUT2D eigenvalue weighted by Crippen LogP contribution is 2.31. The van der Waals surface area contributed by atoms with Crippen molar-refractivity contribution in [2.75, 3.05) is 0 Å². The van der Waals surface area contributed by atoms with E-state index in [-0.39, 0.29) is 6.04 Å². The molecular weight excluding hydrogens is 282 g/mol. The third-order valence-corrected chi connectivity index (χ3v) is 4.01. The maximum absolute atomic E-state index is 6.51. The zero-order valence-corrected chi connectivity index (χ0v) is 12.7. The molecular formula is C17H18ClN3. The molecule has 2 N–H and O–H groups in total. The van der Waals surface area contributed by atoms with Crippen molar-refractivity contribution in [3.8, 4) is 0 Å². The summed E-state index contributed by atoms with van der Waals surface area (Å²) in [6.45, 7) is 2.93. The van der Waals surface area contributed by atoms with E-state index in [0.29, 0.717) is 5.02 Å². The number of halogens is 1. The third-order valence-electron chi connectivity index (χ3n) is 3.72. The number of nitrogens with two attached hydrogens (primary N) is 1. The lowest BCUT2D eigenvalue weighted by Crippen LogP contribution is -2.18. The Hall–Kier alpha value is -1.84. The highest BCUT2D eigenvalue weighted by molar-refractivity contribution is 6.31. The molecule has 3 rings (SSSR count). The van der Waals surface area contributed by atoms with Crippen LogP contribution in [0.15, 0.2) is 48.7 Å². The molecule has 3 aromatic rings. The molecule has 2 aromatic carbocycles. The van der Waals surface area contributed by atoms with Gasteiger partial charge in [-0.05, 0) is 22.8 Å². The van der Waals surface area contributed by atoms with Crippen LogP contribution >= 0.6 is 11.6 Å². The minimum Gasteiger partial charge on any atom is -0.319 e. The quantitative estimate of drug-likeness (QED) is 0.786. The van der Waals surface area contributed by atoms with Crippen LogP contribution in [-0.2, 0) is 6.54 Å². The van der Waals surface area contributed by atoms with Crippen molar-refractivity contribution in [2.24, 2.45) is 5.73 Å². The van der Waals surface area contributed by atoms with Gasteiger partial charge in [0.1, 0.15) is 0 Å². The summed E-state index contributed by atoms with van der Waals surface area (Å²) < 4.78 is 1.91. The van der Waals surface area contributed by atoms with Crippen molar-refractivity contribution in [2.45, 2.75) is 25.9 Å². The summed E-state index contributed by atoms with van der Waals surface area (Å²) in [6.07, 6.45) is 2.67. The zero-order valence-electron chi connectivity index (χ0n) is 12.0. The topological polar surface area (TPSA) is 43.8 Å². The van der Waals surface area contributed by atoms with Gasteiger partial charge in [0, 0.05) is 6.54 Å².